The van der Waals surface area contributed by atoms with E-state index in [1.54, 1.807) is 0 Å². The summed E-state index contributed by atoms with van der Waals surface area (Å²) in [5.74, 6) is 0. The van der Waals surface area contributed by atoms with Gasteiger partial charge in [-0.25, -0.2) is 0 Å². The molecule has 0 N–H and O–H groups in total. The van der Waals surface area contributed by atoms with Gasteiger partial charge in [0.05, 0.1) is 9.52 Å². The van der Waals surface area contributed by atoms with Crippen molar-refractivity contribution in [3.8, 4) is 0 Å². The third-order valence-corrected chi connectivity index (χ3v) is 6.76. The predicted molar refractivity (Wildman–Crippen MR) is 88.0 cm³/mol. The van der Waals surface area contributed by atoms with Crippen molar-refractivity contribution in [2.75, 3.05) is 6.61 Å². The highest BCUT2D eigenvalue weighted by Crippen LogP contribution is 2.26. The normalized spacial score (nSPS) is 19.8. The van der Waals surface area contributed by atoms with Crippen LogP contribution in [0.3, 0.4) is 0 Å². The van der Waals surface area contributed by atoms with Crippen molar-refractivity contribution < 1.29 is 6.16 Å². The molecule has 20 heavy (non-hydrogen) atoms. The zero-order valence-corrected chi connectivity index (χ0v) is 13.3. The van der Waals surface area contributed by atoms with E-state index in [0.717, 1.165) is 6.61 Å². The highest BCUT2D eigenvalue weighted by Gasteiger charge is 2.22. The van der Waals surface area contributed by atoms with Crippen LogP contribution in [-0.4, -0.2) is 21.9 Å². The van der Waals surface area contributed by atoms with Crippen molar-refractivity contribution in [3.63, 3.8) is 0 Å². The van der Waals surface area contributed by atoms with E-state index in [1.807, 2.05) is 0 Å². The van der Waals surface area contributed by atoms with Crippen LogP contribution < -0.4 is 0 Å². The Kier molecular flexibility index (Phi) is 4.67. The first kappa shape index (κ1) is 13.6. The van der Waals surface area contributed by atoms with Gasteiger partial charge in [0.25, 0.3) is 0 Å². The fraction of sp³-hybridized carbons (Fsp3) is 0.333. The average Bonchev–Trinajstić information content (AvgIpc) is 2.55. The summed E-state index contributed by atoms with van der Waals surface area (Å²) >= 11 is 0. The highest BCUT2D eigenvalue weighted by molar-refractivity contribution is 6.40. The number of hydrogen-bond acceptors (Lipinski definition) is 1. The molecule has 1 fully saturated rings. The minimum Gasteiger partial charge on any atom is -0.382 e. The third-order valence-electron chi connectivity index (χ3n) is 4.18. The fourth-order valence-corrected chi connectivity index (χ4v) is 5.53. The Hall–Kier alpha value is -1.38. The van der Waals surface area contributed by atoms with Gasteiger partial charge in [0.15, 0.2) is 0 Å². The van der Waals surface area contributed by atoms with Crippen molar-refractivity contribution in [1.82, 2.24) is 0 Å². The molecule has 1 aliphatic heterocycles. The molecule has 1 heterocycles. The van der Waals surface area contributed by atoms with Crippen molar-refractivity contribution in [2.24, 2.45) is 0 Å². The van der Waals surface area contributed by atoms with Crippen molar-refractivity contribution in [1.29, 1.82) is 0 Å². The SMILES string of the molecule is [H+].c1ccc(C([SiH2]C2CCCCO2)c2ccccc2)cc1. The van der Waals surface area contributed by atoms with Crippen LogP contribution in [0.2, 0.25) is 0 Å². The molecule has 1 aliphatic rings. The minimum absolute atomic E-state index is 0. The molecule has 2 heteroatoms. The van der Waals surface area contributed by atoms with Crippen LogP contribution in [0.15, 0.2) is 60.7 Å². The van der Waals surface area contributed by atoms with Gasteiger partial charge in [0, 0.05) is 17.9 Å². The molecule has 0 aliphatic carbocycles. The molecule has 0 aromatic heterocycles. The topological polar surface area (TPSA) is 9.23 Å². The second-order valence-electron chi connectivity index (χ2n) is 5.60. The van der Waals surface area contributed by atoms with E-state index in [-0.39, 0.29) is 10.9 Å². The first-order chi connectivity index (χ1) is 9.93. The first-order valence-corrected chi connectivity index (χ1v) is 9.28. The molecule has 2 aromatic rings. The highest BCUT2D eigenvalue weighted by atomic mass is 28.2. The lowest BCUT2D eigenvalue weighted by atomic mass is 10.0. The fourth-order valence-electron chi connectivity index (χ4n) is 3.09. The first-order valence-electron chi connectivity index (χ1n) is 7.65. The Balaban J connectivity index is 0.00000161. The van der Waals surface area contributed by atoms with Crippen molar-refractivity contribution >= 4 is 9.52 Å². The van der Waals surface area contributed by atoms with Crippen LogP contribution >= 0.6 is 0 Å². The summed E-state index contributed by atoms with van der Waals surface area (Å²) in [6, 6.07) is 21.9. The van der Waals surface area contributed by atoms with Gasteiger partial charge in [-0.1, -0.05) is 60.7 Å². The minimum atomic E-state index is -0.339. The molecule has 0 bridgehead atoms. The number of rotatable bonds is 4. The zero-order chi connectivity index (χ0) is 13.6. The molecule has 1 nitrogen and oxygen atoms in total. The molecule has 3 rings (SSSR count). The molecular weight excluding hydrogens is 260 g/mol. The maximum Gasteiger partial charge on any atom is 1.00 e. The van der Waals surface area contributed by atoms with Gasteiger partial charge in [-0.15, -0.1) is 0 Å². The number of ether oxygens (including phenoxy) is 1. The molecule has 104 valence electrons. The molecule has 1 unspecified atom stereocenters. The van der Waals surface area contributed by atoms with Gasteiger partial charge in [0.2, 0.25) is 0 Å². The van der Waals surface area contributed by atoms with E-state index in [9.17, 15) is 0 Å². The lowest BCUT2D eigenvalue weighted by molar-refractivity contribution is 0.0646. The van der Waals surface area contributed by atoms with Gasteiger partial charge in [-0.2, -0.15) is 0 Å². The lowest BCUT2D eigenvalue weighted by Crippen LogP contribution is -2.30. The second kappa shape index (κ2) is 6.87. The van der Waals surface area contributed by atoms with E-state index in [1.165, 1.54) is 30.4 Å². The van der Waals surface area contributed by atoms with E-state index in [0.29, 0.717) is 11.3 Å². The molecule has 1 atom stereocenters. The molecule has 2 aromatic carbocycles. The Labute approximate surface area is 125 Å². The van der Waals surface area contributed by atoms with E-state index in [4.69, 9.17) is 4.74 Å². The summed E-state index contributed by atoms with van der Waals surface area (Å²) in [6.45, 7) is 0.966. The largest absolute Gasteiger partial charge is 1.00 e. The third kappa shape index (κ3) is 3.38. The Bertz CT molecular complexity index is 472. The van der Waals surface area contributed by atoms with Crippen LogP contribution in [0.4, 0.5) is 0 Å². The Morgan fingerprint density at radius 2 is 1.50 bits per heavy atom. The summed E-state index contributed by atoms with van der Waals surface area (Å²) < 4.78 is 6.01. The van der Waals surface area contributed by atoms with Gasteiger partial charge in [-0.3, -0.25) is 0 Å². The standard InChI is InChI=1S/C18H22OSi/c1-3-9-15(10-4-1)18(16-11-5-2-6-12-16)20-17-13-7-8-14-19-17/h1-6,9-12,17-18H,7-8,13-14,20H2/p+1. The van der Waals surface area contributed by atoms with Crippen LogP contribution in [0, 0.1) is 0 Å². The molecular formula is C18H23OSi+. The predicted octanol–water partition coefficient (Wildman–Crippen LogP) is 3.58. The molecule has 0 spiro atoms. The maximum absolute atomic E-state index is 6.01. The summed E-state index contributed by atoms with van der Waals surface area (Å²) in [7, 11) is -0.339. The van der Waals surface area contributed by atoms with Gasteiger partial charge >= 0.3 is 1.43 Å². The van der Waals surface area contributed by atoms with Crippen LogP contribution in [0.25, 0.3) is 0 Å². The summed E-state index contributed by atoms with van der Waals surface area (Å²) in [5, 5.41) is 0. The number of benzene rings is 2. The van der Waals surface area contributed by atoms with Gasteiger partial charge < -0.3 is 4.74 Å². The Morgan fingerprint density at radius 1 is 0.900 bits per heavy atom. The monoisotopic (exact) mass is 283 g/mol. The van der Waals surface area contributed by atoms with Crippen LogP contribution in [-0.2, 0) is 4.74 Å². The zero-order valence-electron chi connectivity index (χ0n) is 12.9. The maximum atomic E-state index is 6.01. The lowest BCUT2D eigenvalue weighted by Gasteiger charge is -2.27. The second-order valence-corrected chi connectivity index (χ2v) is 7.80. The van der Waals surface area contributed by atoms with Crippen LogP contribution in [0.1, 0.15) is 37.4 Å². The molecule has 0 amide bonds. The summed E-state index contributed by atoms with van der Waals surface area (Å²) in [5.41, 5.74) is 4.05. The van der Waals surface area contributed by atoms with Gasteiger partial charge in [0.1, 0.15) is 0 Å². The molecule has 0 radical (unpaired) electrons. The average molecular weight is 283 g/mol. The summed E-state index contributed by atoms with van der Waals surface area (Å²) in [6.07, 6.45) is 3.85. The van der Waals surface area contributed by atoms with E-state index >= 15 is 0 Å². The number of hydrogen-bond donors (Lipinski definition) is 0. The van der Waals surface area contributed by atoms with Crippen molar-refractivity contribution in [2.45, 2.75) is 30.5 Å². The van der Waals surface area contributed by atoms with E-state index in [2.05, 4.69) is 60.7 Å². The summed E-state index contributed by atoms with van der Waals surface area (Å²) in [4.78, 5) is 0. The van der Waals surface area contributed by atoms with Crippen molar-refractivity contribution in [3.05, 3.63) is 71.8 Å². The van der Waals surface area contributed by atoms with Crippen LogP contribution in [0.5, 0.6) is 0 Å². The quantitative estimate of drug-likeness (QED) is 0.779. The van der Waals surface area contributed by atoms with Gasteiger partial charge in [-0.05, 0) is 30.4 Å². The Morgan fingerprint density at radius 3 is 2.00 bits per heavy atom. The molecule has 1 saturated heterocycles. The smallest absolute Gasteiger partial charge is 0.382 e. The molecule has 0 saturated carbocycles. The van der Waals surface area contributed by atoms with E-state index < -0.39 is 0 Å².